The number of carbonyl (C=O) groups is 2. The number of carbonyl (C=O) groups excluding carboxylic acids is 2. The molecule has 0 saturated heterocycles. The number of amides is 1. The van der Waals surface area contributed by atoms with Gasteiger partial charge in [-0.3, -0.25) is 4.79 Å². The lowest BCUT2D eigenvalue weighted by Crippen LogP contribution is -2.26. The third-order valence-corrected chi connectivity index (χ3v) is 5.72. The standard InChI is InChI=1S/C30H26ClNO4/c1-20-16-21(2)18-25(17-20)32-29(33)28(23-8-4-3-5-9-23)36-30(34)26-10-6-7-11-27(26)35-19-22-12-14-24(31)15-13-22/h3-18,28H,19H2,1-2H3,(H,32,33)/t28-/m1/s1. The number of aryl methyl sites for hydroxylation is 2. The van der Waals surface area contributed by atoms with Crippen LogP contribution in [0.3, 0.4) is 0 Å². The topological polar surface area (TPSA) is 64.6 Å². The Labute approximate surface area is 215 Å². The SMILES string of the molecule is Cc1cc(C)cc(NC(=O)[C@H](OC(=O)c2ccccc2OCc2ccc(Cl)cc2)c2ccccc2)c1. The minimum absolute atomic E-state index is 0.228. The zero-order chi connectivity index (χ0) is 25.5. The lowest BCUT2D eigenvalue weighted by Gasteiger charge is -2.19. The summed E-state index contributed by atoms with van der Waals surface area (Å²) in [5.74, 6) is -0.746. The smallest absolute Gasteiger partial charge is 0.343 e. The summed E-state index contributed by atoms with van der Waals surface area (Å²) in [6.07, 6.45) is -1.15. The van der Waals surface area contributed by atoms with Gasteiger partial charge in [-0.1, -0.05) is 72.3 Å². The van der Waals surface area contributed by atoms with Crippen LogP contribution in [0, 0.1) is 13.8 Å². The molecule has 4 rings (SSSR count). The Balaban J connectivity index is 1.55. The molecule has 1 N–H and O–H groups in total. The van der Waals surface area contributed by atoms with Crippen LogP contribution in [0.1, 0.15) is 38.7 Å². The van der Waals surface area contributed by atoms with Gasteiger partial charge in [0.1, 0.15) is 17.9 Å². The summed E-state index contributed by atoms with van der Waals surface area (Å²) < 4.78 is 11.7. The van der Waals surface area contributed by atoms with Crippen LogP contribution in [-0.2, 0) is 16.1 Å². The number of nitrogens with one attached hydrogen (secondary N) is 1. The van der Waals surface area contributed by atoms with Crippen LogP contribution >= 0.6 is 11.6 Å². The van der Waals surface area contributed by atoms with Crippen molar-refractivity contribution in [3.05, 3.63) is 130 Å². The number of ether oxygens (including phenoxy) is 2. The predicted octanol–water partition coefficient (Wildman–Crippen LogP) is 7.07. The largest absolute Gasteiger partial charge is 0.488 e. The molecular formula is C30H26ClNO4. The number of halogens is 1. The summed E-state index contributed by atoms with van der Waals surface area (Å²) in [4.78, 5) is 26.6. The molecule has 0 fully saturated rings. The second-order valence-corrected chi connectivity index (χ2v) is 8.91. The van der Waals surface area contributed by atoms with E-state index in [0.29, 0.717) is 22.0 Å². The molecular weight excluding hydrogens is 474 g/mol. The van der Waals surface area contributed by atoms with Crippen molar-refractivity contribution < 1.29 is 19.1 Å². The van der Waals surface area contributed by atoms with Crippen molar-refractivity contribution in [2.24, 2.45) is 0 Å². The highest BCUT2D eigenvalue weighted by molar-refractivity contribution is 6.30. The molecule has 0 saturated carbocycles. The zero-order valence-corrected chi connectivity index (χ0v) is 20.8. The highest BCUT2D eigenvalue weighted by atomic mass is 35.5. The number of hydrogen-bond acceptors (Lipinski definition) is 4. The Morgan fingerprint density at radius 2 is 1.47 bits per heavy atom. The molecule has 1 amide bonds. The fraction of sp³-hybridized carbons (Fsp3) is 0.133. The maximum atomic E-state index is 13.3. The van der Waals surface area contributed by atoms with Gasteiger partial charge in [0.25, 0.3) is 5.91 Å². The van der Waals surface area contributed by atoms with E-state index < -0.39 is 18.0 Å². The molecule has 0 aromatic heterocycles. The first-order chi connectivity index (χ1) is 17.4. The maximum absolute atomic E-state index is 13.3. The number of rotatable bonds is 8. The average molecular weight is 500 g/mol. The molecule has 0 aliphatic heterocycles. The third kappa shape index (κ3) is 6.52. The van der Waals surface area contributed by atoms with Gasteiger partial charge in [0.05, 0.1) is 0 Å². The molecule has 5 nitrogen and oxygen atoms in total. The first-order valence-corrected chi connectivity index (χ1v) is 11.9. The second kappa shape index (κ2) is 11.6. The van der Waals surface area contributed by atoms with Crippen molar-refractivity contribution in [2.45, 2.75) is 26.6 Å². The minimum atomic E-state index is -1.15. The second-order valence-electron chi connectivity index (χ2n) is 8.47. The van der Waals surface area contributed by atoms with Gasteiger partial charge in [-0.05, 0) is 66.9 Å². The zero-order valence-electron chi connectivity index (χ0n) is 20.0. The third-order valence-electron chi connectivity index (χ3n) is 5.47. The van der Waals surface area contributed by atoms with Gasteiger partial charge in [0.2, 0.25) is 6.10 Å². The Hall–Kier alpha value is -4.09. The molecule has 4 aromatic rings. The molecule has 0 aliphatic rings. The van der Waals surface area contributed by atoms with Crippen molar-refractivity contribution in [2.75, 3.05) is 5.32 Å². The molecule has 36 heavy (non-hydrogen) atoms. The summed E-state index contributed by atoms with van der Waals surface area (Å²) in [5.41, 5.74) is 4.37. The summed E-state index contributed by atoms with van der Waals surface area (Å²) >= 11 is 5.95. The van der Waals surface area contributed by atoms with Crippen molar-refractivity contribution in [1.29, 1.82) is 0 Å². The van der Waals surface area contributed by atoms with Gasteiger partial charge in [0, 0.05) is 16.3 Å². The number of para-hydroxylation sites is 1. The van der Waals surface area contributed by atoms with Crippen molar-refractivity contribution in [3.8, 4) is 5.75 Å². The van der Waals surface area contributed by atoms with E-state index in [1.165, 1.54) is 0 Å². The Morgan fingerprint density at radius 3 is 2.17 bits per heavy atom. The van der Waals surface area contributed by atoms with E-state index >= 15 is 0 Å². The van der Waals surface area contributed by atoms with Crippen LogP contribution in [0.2, 0.25) is 5.02 Å². The van der Waals surface area contributed by atoms with Crippen molar-refractivity contribution in [3.63, 3.8) is 0 Å². The highest BCUT2D eigenvalue weighted by Crippen LogP contribution is 2.26. The molecule has 0 spiro atoms. The number of anilines is 1. The lowest BCUT2D eigenvalue weighted by atomic mass is 10.1. The van der Waals surface area contributed by atoms with Crippen LogP contribution < -0.4 is 10.1 Å². The van der Waals surface area contributed by atoms with Gasteiger partial charge in [-0.25, -0.2) is 4.79 Å². The molecule has 6 heteroatoms. The van der Waals surface area contributed by atoms with Gasteiger partial charge >= 0.3 is 5.97 Å². The van der Waals surface area contributed by atoms with Gasteiger partial charge in [-0.2, -0.15) is 0 Å². The fourth-order valence-electron chi connectivity index (χ4n) is 3.83. The first-order valence-electron chi connectivity index (χ1n) is 11.5. The highest BCUT2D eigenvalue weighted by Gasteiger charge is 2.27. The van der Waals surface area contributed by atoms with Crippen molar-refractivity contribution in [1.82, 2.24) is 0 Å². The fourth-order valence-corrected chi connectivity index (χ4v) is 3.95. The molecule has 182 valence electrons. The number of hydrogen-bond donors (Lipinski definition) is 1. The molecule has 0 bridgehead atoms. The lowest BCUT2D eigenvalue weighted by molar-refractivity contribution is -0.125. The monoisotopic (exact) mass is 499 g/mol. The summed E-state index contributed by atoms with van der Waals surface area (Å²) in [5, 5.41) is 3.52. The van der Waals surface area contributed by atoms with E-state index in [9.17, 15) is 9.59 Å². The van der Waals surface area contributed by atoms with E-state index in [4.69, 9.17) is 21.1 Å². The van der Waals surface area contributed by atoms with Gasteiger partial charge < -0.3 is 14.8 Å². The summed E-state index contributed by atoms with van der Waals surface area (Å²) in [6, 6.07) is 28.8. The number of esters is 1. The van der Waals surface area contributed by atoms with Gasteiger partial charge in [-0.15, -0.1) is 0 Å². The number of benzene rings is 4. The van der Waals surface area contributed by atoms with E-state index in [0.717, 1.165) is 16.7 Å². The molecule has 0 aliphatic carbocycles. The van der Waals surface area contributed by atoms with Gasteiger partial charge in [0.15, 0.2) is 0 Å². The molecule has 0 heterocycles. The maximum Gasteiger partial charge on any atom is 0.343 e. The molecule has 0 radical (unpaired) electrons. The van der Waals surface area contributed by atoms with E-state index in [2.05, 4.69) is 5.32 Å². The summed E-state index contributed by atoms with van der Waals surface area (Å²) in [6.45, 7) is 4.16. The predicted molar refractivity (Wildman–Crippen MR) is 141 cm³/mol. The van der Waals surface area contributed by atoms with Crippen LogP contribution in [0.25, 0.3) is 0 Å². The van der Waals surface area contributed by atoms with E-state index in [-0.39, 0.29) is 12.2 Å². The van der Waals surface area contributed by atoms with E-state index in [1.807, 2.05) is 50.2 Å². The minimum Gasteiger partial charge on any atom is -0.488 e. The first kappa shape index (κ1) is 25.0. The molecule has 4 aromatic carbocycles. The Kier molecular flexibility index (Phi) is 8.03. The van der Waals surface area contributed by atoms with Crippen molar-refractivity contribution >= 4 is 29.2 Å². The van der Waals surface area contributed by atoms with Crippen LogP contribution in [0.15, 0.2) is 97.1 Å². The van der Waals surface area contributed by atoms with Crippen LogP contribution in [0.4, 0.5) is 5.69 Å². The normalized spacial score (nSPS) is 11.4. The van der Waals surface area contributed by atoms with Crippen LogP contribution in [-0.4, -0.2) is 11.9 Å². The Morgan fingerprint density at radius 1 is 0.833 bits per heavy atom. The van der Waals surface area contributed by atoms with Crippen LogP contribution in [0.5, 0.6) is 5.75 Å². The molecule has 1 atom stereocenters. The van der Waals surface area contributed by atoms with E-state index in [1.54, 1.807) is 60.7 Å². The quantitative estimate of drug-likeness (QED) is 0.263. The average Bonchev–Trinajstić information content (AvgIpc) is 2.87. The summed E-state index contributed by atoms with van der Waals surface area (Å²) in [7, 11) is 0. The Bertz CT molecular complexity index is 1330. The molecule has 0 unspecified atom stereocenters.